The molecule has 0 aliphatic heterocycles. The Labute approximate surface area is 173 Å². The minimum Gasteiger partial charge on any atom is -0.302 e. The van der Waals surface area contributed by atoms with E-state index in [0.717, 1.165) is 23.8 Å². The van der Waals surface area contributed by atoms with Crippen LogP contribution in [0.5, 0.6) is 0 Å². The molecule has 1 saturated carbocycles. The molecule has 3 heteroatoms. The lowest BCUT2D eigenvalue weighted by Crippen LogP contribution is -2.19. The Kier molecular flexibility index (Phi) is 9.59. The van der Waals surface area contributed by atoms with E-state index < -0.39 is 0 Å². The molecule has 0 bridgehead atoms. The number of nitriles is 1. The van der Waals surface area contributed by atoms with Crippen LogP contribution in [0.15, 0.2) is 54.6 Å². The molecule has 1 aliphatic carbocycles. The number of alkyl halides is 1. The average Bonchev–Trinajstić information content (AvgIpc) is 3.10. The van der Waals surface area contributed by atoms with Crippen LogP contribution in [0, 0.1) is 11.3 Å². The molecule has 2 unspecified atom stereocenters. The van der Waals surface area contributed by atoms with Gasteiger partial charge in [0.2, 0.25) is 0 Å². The fourth-order valence-electron chi connectivity index (χ4n) is 3.71. The largest absolute Gasteiger partial charge is 0.302 e. The van der Waals surface area contributed by atoms with Gasteiger partial charge in [-0.15, -0.1) is 0 Å². The Morgan fingerprint density at radius 3 is 2.30 bits per heavy atom. The summed E-state index contributed by atoms with van der Waals surface area (Å²) in [4.78, 5) is 3.14. The first kappa shape index (κ1) is 21.7. The average molecular weight is 427 g/mol. The molecule has 144 valence electrons. The molecule has 0 radical (unpaired) electrons. The summed E-state index contributed by atoms with van der Waals surface area (Å²) in [6.07, 6.45) is 6.34. The van der Waals surface area contributed by atoms with E-state index in [-0.39, 0.29) is 0 Å². The van der Waals surface area contributed by atoms with Crippen LogP contribution in [-0.2, 0) is 13.0 Å². The number of benzene rings is 2. The van der Waals surface area contributed by atoms with Crippen molar-refractivity contribution in [2.45, 2.75) is 56.3 Å². The van der Waals surface area contributed by atoms with Gasteiger partial charge in [0, 0.05) is 18.3 Å². The quantitative estimate of drug-likeness (QED) is 0.484. The van der Waals surface area contributed by atoms with Crippen molar-refractivity contribution in [1.82, 2.24) is 4.90 Å². The maximum atomic E-state index is 7.32. The van der Waals surface area contributed by atoms with Gasteiger partial charge in [-0.1, -0.05) is 70.5 Å². The molecule has 2 aromatic carbocycles. The van der Waals surface area contributed by atoms with Crippen molar-refractivity contribution in [2.24, 2.45) is 0 Å². The first-order valence-electron chi connectivity index (χ1n) is 9.88. The van der Waals surface area contributed by atoms with Gasteiger partial charge in [-0.3, -0.25) is 0 Å². The Morgan fingerprint density at radius 1 is 1.04 bits per heavy atom. The fraction of sp³-hybridized carbons (Fsp3) is 0.458. The summed E-state index contributed by atoms with van der Waals surface area (Å²) in [7, 11) is 2.22. The van der Waals surface area contributed by atoms with Gasteiger partial charge in [-0.05, 0) is 68.3 Å². The Balaban J connectivity index is 0.000000817. The van der Waals surface area contributed by atoms with Crippen molar-refractivity contribution in [3.8, 4) is 6.07 Å². The highest BCUT2D eigenvalue weighted by molar-refractivity contribution is 9.09. The van der Waals surface area contributed by atoms with Crippen molar-refractivity contribution in [3.63, 3.8) is 0 Å². The normalized spacial score (nSPS) is 18.6. The summed E-state index contributed by atoms with van der Waals surface area (Å²) in [6, 6.07) is 21.9. The molecule has 1 fully saturated rings. The van der Waals surface area contributed by atoms with Crippen LogP contribution in [0.2, 0.25) is 0 Å². The minimum absolute atomic E-state index is 0.724. The van der Waals surface area contributed by atoms with Crippen LogP contribution in [0.25, 0.3) is 0 Å². The summed E-state index contributed by atoms with van der Waals surface area (Å²) in [5.41, 5.74) is 4.40. The third-order valence-corrected chi connectivity index (χ3v) is 5.95. The molecule has 0 N–H and O–H groups in total. The molecular weight excluding hydrogens is 396 g/mol. The van der Waals surface area contributed by atoms with Gasteiger partial charge in [0.05, 0.1) is 6.07 Å². The molecule has 2 aromatic rings. The zero-order valence-electron chi connectivity index (χ0n) is 16.6. The van der Waals surface area contributed by atoms with Crippen LogP contribution < -0.4 is 0 Å². The van der Waals surface area contributed by atoms with E-state index in [2.05, 4.69) is 82.5 Å². The monoisotopic (exact) mass is 426 g/mol. The van der Waals surface area contributed by atoms with E-state index in [1.165, 1.54) is 55.7 Å². The highest BCUT2D eigenvalue weighted by atomic mass is 79.9. The van der Waals surface area contributed by atoms with Gasteiger partial charge >= 0.3 is 0 Å². The molecule has 0 aromatic heterocycles. The predicted octanol–water partition coefficient (Wildman–Crippen LogP) is 6.31. The number of halogens is 1. The zero-order valence-corrected chi connectivity index (χ0v) is 18.2. The molecule has 0 heterocycles. The summed E-state index contributed by atoms with van der Waals surface area (Å²) < 4.78 is 0. The lowest BCUT2D eigenvalue weighted by atomic mass is 9.96. The number of rotatable bonds is 7. The maximum Gasteiger partial charge on any atom is 0.0587 e. The molecular formula is C24H31BrN2. The van der Waals surface area contributed by atoms with Gasteiger partial charge in [-0.2, -0.15) is 5.26 Å². The third kappa shape index (κ3) is 7.87. The highest BCUT2D eigenvalue weighted by Gasteiger charge is 2.23. The molecule has 2 atom stereocenters. The van der Waals surface area contributed by atoms with Gasteiger partial charge < -0.3 is 4.90 Å². The van der Waals surface area contributed by atoms with E-state index in [0.29, 0.717) is 0 Å². The number of nitrogens with zero attached hydrogens (tertiary/aromatic N) is 2. The maximum absolute atomic E-state index is 7.32. The lowest BCUT2D eigenvalue weighted by Gasteiger charge is -2.16. The summed E-state index contributed by atoms with van der Waals surface area (Å²) in [5.74, 6) is 0.764. The van der Waals surface area contributed by atoms with E-state index >= 15 is 0 Å². The van der Waals surface area contributed by atoms with Gasteiger partial charge in [-0.25, -0.2) is 0 Å². The fourth-order valence-corrected chi connectivity index (χ4v) is 4.43. The second-order valence-corrected chi connectivity index (χ2v) is 8.69. The van der Waals surface area contributed by atoms with Gasteiger partial charge in [0.15, 0.2) is 0 Å². The lowest BCUT2D eigenvalue weighted by molar-refractivity contribution is 0.322. The van der Waals surface area contributed by atoms with Crippen molar-refractivity contribution in [2.75, 3.05) is 13.6 Å². The molecule has 0 amide bonds. The highest BCUT2D eigenvalue weighted by Crippen LogP contribution is 2.37. The van der Waals surface area contributed by atoms with E-state index in [1.807, 2.05) is 0 Å². The Hall–Kier alpha value is -1.63. The predicted molar refractivity (Wildman–Crippen MR) is 118 cm³/mol. The second kappa shape index (κ2) is 12.0. The van der Waals surface area contributed by atoms with Gasteiger partial charge in [0.25, 0.3) is 0 Å². The van der Waals surface area contributed by atoms with Crippen molar-refractivity contribution in [1.29, 1.82) is 5.26 Å². The number of hydrogen-bond donors (Lipinski definition) is 0. The molecule has 0 saturated heterocycles. The summed E-state index contributed by atoms with van der Waals surface area (Å²) in [5, 5.41) is 7.32. The molecule has 0 spiro atoms. The second-order valence-electron chi connectivity index (χ2n) is 7.40. The molecule has 3 rings (SSSR count). The van der Waals surface area contributed by atoms with Crippen molar-refractivity contribution >= 4 is 15.9 Å². The minimum atomic E-state index is 0.724. The van der Waals surface area contributed by atoms with Crippen molar-refractivity contribution < 1.29 is 0 Å². The SMILES string of the molecule is CC#N.CN(CCCc1ccc(C2CCC(Br)C2)cc1)Cc1ccccc1. The van der Waals surface area contributed by atoms with E-state index in [4.69, 9.17) is 5.26 Å². The van der Waals surface area contributed by atoms with E-state index in [9.17, 15) is 0 Å². The van der Waals surface area contributed by atoms with Crippen LogP contribution in [0.4, 0.5) is 0 Å². The smallest absolute Gasteiger partial charge is 0.0587 e. The molecule has 27 heavy (non-hydrogen) atoms. The number of hydrogen-bond acceptors (Lipinski definition) is 2. The molecule has 1 aliphatic rings. The summed E-state index contributed by atoms with van der Waals surface area (Å²) >= 11 is 3.76. The van der Waals surface area contributed by atoms with Crippen LogP contribution in [0.3, 0.4) is 0 Å². The summed E-state index contributed by atoms with van der Waals surface area (Å²) in [6.45, 7) is 3.61. The Bertz CT molecular complexity index is 691. The van der Waals surface area contributed by atoms with E-state index in [1.54, 1.807) is 6.07 Å². The molecule has 2 nitrogen and oxygen atoms in total. The van der Waals surface area contributed by atoms with Crippen LogP contribution in [0.1, 0.15) is 55.2 Å². The Morgan fingerprint density at radius 2 is 1.70 bits per heavy atom. The first-order chi connectivity index (χ1) is 13.1. The van der Waals surface area contributed by atoms with Crippen LogP contribution >= 0.6 is 15.9 Å². The topological polar surface area (TPSA) is 27.0 Å². The van der Waals surface area contributed by atoms with Crippen LogP contribution in [-0.4, -0.2) is 23.3 Å². The van der Waals surface area contributed by atoms with Crippen molar-refractivity contribution in [3.05, 3.63) is 71.3 Å². The van der Waals surface area contributed by atoms with Gasteiger partial charge in [0.1, 0.15) is 0 Å². The zero-order chi connectivity index (χ0) is 19.5. The standard InChI is InChI=1S/C22H28BrN.C2H3N/c1-24(17-19-6-3-2-4-7-19)15-5-8-18-9-11-20(12-10-18)21-13-14-22(23)16-21;1-2-3/h2-4,6-7,9-12,21-22H,5,8,13-17H2,1H3;1H3. The third-order valence-electron chi connectivity index (χ3n) is 5.12. The first-order valence-corrected chi connectivity index (χ1v) is 10.8. The number of aryl methyl sites for hydroxylation is 1.